The Morgan fingerprint density at radius 3 is 2.31 bits per heavy atom. The number of amides is 4. The van der Waals surface area contributed by atoms with Crippen LogP contribution >= 0.6 is 0 Å². The predicted molar refractivity (Wildman–Crippen MR) is 116 cm³/mol. The Hall–Kier alpha value is -3.40. The second-order valence-electron chi connectivity index (χ2n) is 8.51. The van der Waals surface area contributed by atoms with Crippen LogP contribution in [0.25, 0.3) is 0 Å². The highest BCUT2D eigenvalue weighted by Crippen LogP contribution is 2.23. The zero-order valence-electron chi connectivity index (χ0n) is 18.5. The van der Waals surface area contributed by atoms with E-state index in [1.54, 1.807) is 54.8 Å². The first-order valence-electron chi connectivity index (χ1n) is 10.4. The van der Waals surface area contributed by atoms with Crippen molar-refractivity contribution in [1.29, 1.82) is 0 Å². The summed E-state index contributed by atoms with van der Waals surface area (Å²) < 4.78 is 5.38. The van der Waals surface area contributed by atoms with Gasteiger partial charge in [-0.3, -0.25) is 19.3 Å². The van der Waals surface area contributed by atoms with Crippen LogP contribution < -0.4 is 5.32 Å². The molecule has 2 heterocycles. The van der Waals surface area contributed by atoms with Crippen LogP contribution in [0.2, 0.25) is 0 Å². The highest BCUT2D eigenvalue weighted by molar-refractivity contribution is 6.17. The SMILES string of the molecule is CC(C)(C)OC(=O)N1CCN(C(=O)c2ccccc2NC2=CC(=O)N(CCO)C2=O)CC1. The molecule has 2 N–H and O–H groups in total. The maximum atomic E-state index is 13.1. The molecule has 1 aromatic carbocycles. The largest absolute Gasteiger partial charge is 0.444 e. The first kappa shape index (κ1) is 23.3. The van der Waals surface area contributed by atoms with Gasteiger partial charge >= 0.3 is 6.09 Å². The van der Waals surface area contributed by atoms with Crippen LogP contribution in [0.3, 0.4) is 0 Å². The van der Waals surface area contributed by atoms with Crippen molar-refractivity contribution in [2.75, 3.05) is 44.6 Å². The van der Waals surface area contributed by atoms with Crippen molar-refractivity contribution < 1.29 is 29.0 Å². The molecule has 0 unspecified atom stereocenters. The van der Waals surface area contributed by atoms with Gasteiger partial charge in [-0.1, -0.05) is 12.1 Å². The minimum absolute atomic E-state index is 0.0402. The van der Waals surface area contributed by atoms with Gasteiger partial charge in [0.15, 0.2) is 0 Å². The lowest BCUT2D eigenvalue weighted by Gasteiger charge is -2.35. The standard InChI is InChI=1S/C22H28N4O6/c1-22(2,3)32-21(31)25-10-8-24(9-11-25)19(29)15-6-4-5-7-16(15)23-17-14-18(28)26(12-13-27)20(17)30/h4-7,14,23,27H,8-13H2,1-3H3. The third-order valence-electron chi connectivity index (χ3n) is 4.98. The maximum absolute atomic E-state index is 13.1. The minimum atomic E-state index is -0.588. The lowest BCUT2D eigenvalue weighted by Crippen LogP contribution is -2.51. The number of rotatable bonds is 5. The van der Waals surface area contributed by atoms with Crippen LogP contribution in [0.5, 0.6) is 0 Å². The molecule has 0 aromatic heterocycles. The summed E-state index contributed by atoms with van der Waals surface area (Å²) in [5.41, 5.74) is 0.193. The van der Waals surface area contributed by atoms with Gasteiger partial charge in [-0.2, -0.15) is 0 Å². The van der Waals surface area contributed by atoms with Gasteiger partial charge in [0.2, 0.25) is 0 Å². The first-order valence-corrected chi connectivity index (χ1v) is 10.4. The van der Waals surface area contributed by atoms with Gasteiger partial charge in [0.1, 0.15) is 11.3 Å². The summed E-state index contributed by atoms with van der Waals surface area (Å²) in [5, 5.41) is 11.9. The van der Waals surface area contributed by atoms with Gasteiger partial charge in [-0.25, -0.2) is 4.79 Å². The van der Waals surface area contributed by atoms with Gasteiger partial charge in [0.05, 0.1) is 24.4 Å². The number of para-hydroxylation sites is 1. The molecule has 2 aliphatic rings. The molecule has 0 spiro atoms. The molecular formula is C22H28N4O6. The lowest BCUT2D eigenvalue weighted by molar-refractivity contribution is -0.137. The summed E-state index contributed by atoms with van der Waals surface area (Å²) in [7, 11) is 0. The van der Waals surface area contributed by atoms with Crippen LogP contribution in [0, 0.1) is 0 Å². The number of aliphatic hydroxyl groups excluding tert-OH is 1. The number of benzene rings is 1. The smallest absolute Gasteiger partial charge is 0.410 e. The number of aliphatic hydroxyl groups is 1. The number of piperazine rings is 1. The maximum Gasteiger partial charge on any atom is 0.410 e. The predicted octanol–water partition coefficient (Wildman–Crippen LogP) is 1.04. The Labute approximate surface area is 186 Å². The van der Waals surface area contributed by atoms with E-state index in [1.165, 1.54) is 0 Å². The van der Waals surface area contributed by atoms with Crippen molar-refractivity contribution in [3.05, 3.63) is 41.6 Å². The number of carbonyl (C=O) groups excluding carboxylic acids is 4. The lowest BCUT2D eigenvalue weighted by atomic mass is 10.1. The molecule has 0 aliphatic carbocycles. The number of carbonyl (C=O) groups is 4. The third-order valence-corrected chi connectivity index (χ3v) is 4.98. The average molecular weight is 444 g/mol. The normalized spacial score (nSPS) is 16.9. The molecule has 32 heavy (non-hydrogen) atoms. The topological polar surface area (TPSA) is 119 Å². The van der Waals surface area contributed by atoms with Gasteiger partial charge < -0.3 is 25.0 Å². The first-order chi connectivity index (χ1) is 15.1. The summed E-state index contributed by atoms with van der Waals surface area (Å²) in [6.45, 7) is 6.37. The number of β-amino-alcohol motifs (C(OH)–C–C–N with tert-alkyl or cyclic N) is 1. The number of anilines is 1. The number of hydrogen-bond donors (Lipinski definition) is 2. The van der Waals surface area contributed by atoms with Crippen LogP contribution in [-0.2, 0) is 14.3 Å². The van der Waals surface area contributed by atoms with E-state index < -0.39 is 23.5 Å². The molecule has 2 aliphatic heterocycles. The van der Waals surface area contributed by atoms with Crippen LogP contribution in [0.15, 0.2) is 36.0 Å². The van der Waals surface area contributed by atoms with Gasteiger partial charge in [-0.15, -0.1) is 0 Å². The fourth-order valence-corrected chi connectivity index (χ4v) is 3.42. The van der Waals surface area contributed by atoms with Gasteiger partial charge in [0, 0.05) is 32.3 Å². The average Bonchev–Trinajstić information content (AvgIpc) is 3.00. The van der Waals surface area contributed by atoms with Gasteiger partial charge in [0.25, 0.3) is 17.7 Å². The quantitative estimate of drug-likeness (QED) is 0.651. The molecule has 3 rings (SSSR count). The van der Waals surface area contributed by atoms with E-state index in [1.807, 2.05) is 0 Å². The molecule has 0 saturated carbocycles. The van der Waals surface area contributed by atoms with Crippen molar-refractivity contribution in [2.24, 2.45) is 0 Å². The molecule has 172 valence electrons. The van der Waals surface area contributed by atoms with E-state index in [0.29, 0.717) is 37.4 Å². The molecular weight excluding hydrogens is 416 g/mol. The van der Waals surface area contributed by atoms with E-state index in [9.17, 15) is 19.2 Å². The monoisotopic (exact) mass is 444 g/mol. The van der Waals surface area contributed by atoms with Crippen molar-refractivity contribution >= 4 is 29.5 Å². The third kappa shape index (κ3) is 5.25. The Bertz CT molecular complexity index is 944. The molecule has 1 aromatic rings. The Kier molecular flexibility index (Phi) is 6.83. The second kappa shape index (κ2) is 9.39. The Morgan fingerprint density at radius 1 is 1.06 bits per heavy atom. The van der Waals surface area contributed by atoms with Crippen molar-refractivity contribution in [1.82, 2.24) is 14.7 Å². The molecule has 0 radical (unpaired) electrons. The number of ether oxygens (including phenoxy) is 1. The highest BCUT2D eigenvalue weighted by atomic mass is 16.6. The van der Waals surface area contributed by atoms with E-state index in [2.05, 4.69) is 5.32 Å². The zero-order valence-corrected chi connectivity index (χ0v) is 18.5. The minimum Gasteiger partial charge on any atom is -0.444 e. The summed E-state index contributed by atoms with van der Waals surface area (Å²) in [6, 6.07) is 6.71. The number of nitrogens with one attached hydrogen (secondary N) is 1. The van der Waals surface area contributed by atoms with E-state index >= 15 is 0 Å². The zero-order chi connectivity index (χ0) is 23.5. The van der Waals surface area contributed by atoms with Crippen molar-refractivity contribution in [3.63, 3.8) is 0 Å². The summed E-state index contributed by atoms with van der Waals surface area (Å²) in [6.07, 6.45) is 0.745. The van der Waals surface area contributed by atoms with Crippen molar-refractivity contribution in [2.45, 2.75) is 26.4 Å². The summed E-state index contributed by atoms with van der Waals surface area (Å²) >= 11 is 0. The molecule has 10 nitrogen and oxygen atoms in total. The molecule has 1 saturated heterocycles. The van der Waals surface area contributed by atoms with Crippen LogP contribution in [0.4, 0.5) is 10.5 Å². The van der Waals surface area contributed by atoms with Gasteiger partial charge in [-0.05, 0) is 32.9 Å². The highest BCUT2D eigenvalue weighted by Gasteiger charge is 2.32. The van der Waals surface area contributed by atoms with E-state index in [0.717, 1.165) is 11.0 Å². The van der Waals surface area contributed by atoms with Crippen LogP contribution in [-0.4, -0.2) is 88.6 Å². The number of imide groups is 1. The van der Waals surface area contributed by atoms with E-state index in [-0.39, 0.29) is 24.8 Å². The number of nitrogens with zero attached hydrogens (tertiary/aromatic N) is 3. The molecule has 1 fully saturated rings. The summed E-state index contributed by atoms with van der Waals surface area (Å²) in [5.74, 6) is -1.33. The summed E-state index contributed by atoms with van der Waals surface area (Å²) in [4.78, 5) is 53.9. The molecule has 0 bridgehead atoms. The molecule has 0 atom stereocenters. The van der Waals surface area contributed by atoms with Crippen LogP contribution in [0.1, 0.15) is 31.1 Å². The fraction of sp³-hybridized carbons (Fsp3) is 0.455. The second-order valence-corrected chi connectivity index (χ2v) is 8.51. The molecule has 4 amide bonds. The number of hydrogen-bond acceptors (Lipinski definition) is 7. The molecule has 10 heteroatoms. The fourth-order valence-electron chi connectivity index (χ4n) is 3.42. The Morgan fingerprint density at radius 2 is 1.69 bits per heavy atom. The van der Waals surface area contributed by atoms with Crippen molar-refractivity contribution in [3.8, 4) is 0 Å². The Balaban J connectivity index is 1.67. The van der Waals surface area contributed by atoms with E-state index in [4.69, 9.17) is 9.84 Å².